The number of amides is 1. The average molecular weight is 447 g/mol. The summed E-state index contributed by atoms with van der Waals surface area (Å²) in [5.74, 6) is 0.274. The highest BCUT2D eigenvalue weighted by Crippen LogP contribution is 2.30. The summed E-state index contributed by atoms with van der Waals surface area (Å²) in [6.07, 6.45) is 1.69. The molecule has 0 aliphatic carbocycles. The normalized spacial score (nSPS) is 16.1. The maximum Gasteiger partial charge on any atom is 0.255 e. The van der Waals surface area contributed by atoms with E-state index in [1.165, 1.54) is 27.4 Å². The molecule has 1 aliphatic rings. The van der Waals surface area contributed by atoms with Crippen LogP contribution in [0.3, 0.4) is 0 Å². The first kappa shape index (κ1) is 20.9. The largest absolute Gasteiger partial charge is 0.459 e. The van der Waals surface area contributed by atoms with Crippen LogP contribution in [0, 0.1) is 0 Å². The van der Waals surface area contributed by atoms with Crippen LogP contribution >= 0.6 is 11.6 Å². The van der Waals surface area contributed by atoms with Gasteiger partial charge in [0.05, 0.1) is 21.5 Å². The molecule has 1 saturated heterocycles. The zero-order valence-corrected chi connectivity index (χ0v) is 18.4. The number of nitrogens with zero attached hydrogens (tertiary/aromatic N) is 2. The van der Waals surface area contributed by atoms with Crippen molar-refractivity contribution in [3.05, 3.63) is 64.9 Å². The summed E-state index contributed by atoms with van der Waals surface area (Å²) in [5, 5.41) is 1.17. The van der Waals surface area contributed by atoms with E-state index in [1.807, 2.05) is 37.3 Å². The molecule has 0 saturated carbocycles. The molecule has 1 atom stereocenters. The van der Waals surface area contributed by atoms with Gasteiger partial charge in [-0.05, 0) is 50.1 Å². The molecule has 6 nitrogen and oxygen atoms in total. The molecule has 0 spiro atoms. The monoisotopic (exact) mass is 446 g/mol. The van der Waals surface area contributed by atoms with Crippen molar-refractivity contribution in [1.82, 2.24) is 9.21 Å². The molecule has 0 bridgehead atoms. The molecule has 30 heavy (non-hydrogen) atoms. The maximum absolute atomic E-state index is 13.2. The number of halogens is 1. The zero-order chi connectivity index (χ0) is 21.5. The fraction of sp³-hybridized carbons (Fsp3) is 0.318. The molecule has 1 fully saturated rings. The molecular formula is C22H23ClN2O4S. The Morgan fingerprint density at radius 2 is 1.83 bits per heavy atom. The average Bonchev–Trinajstić information content (AvgIpc) is 3.42. The Morgan fingerprint density at radius 1 is 1.13 bits per heavy atom. The molecule has 4 rings (SSSR count). The lowest BCUT2D eigenvalue weighted by Crippen LogP contribution is -2.31. The van der Waals surface area contributed by atoms with Gasteiger partial charge in [0, 0.05) is 25.5 Å². The van der Waals surface area contributed by atoms with Gasteiger partial charge in [0.2, 0.25) is 10.0 Å². The summed E-state index contributed by atoms with van der Waals surface area (Å²) >= 11 is 6.28. The van der Waals surface area contributed by atoms with Gasteiger partial charge in [-0.3, -0.25) is 4.79 Å². The van der Waals surface area contributed by atoms with Crippen molar-refractivity contribution in [2.45, 2.75) is 30.7 Å². The molecule has 8 heteroatoms. The number of rotatable bonds is 5. The van der Waals surface area contributed by atoms with Gasteiger partial charge in [0.25, 0.3) is 5.91 Å². The van der Waals surface area contributed by atoms with Crippen LogP contribution < -0.4 is 0 Å². The lowest BCUT2D eigenvalue weighted by Gasteiger charge is -2.24. The van der Waals surface area contributed by atoms with Crippen LogP contribution in [0.2, 0.25) is 5.02 Å². The quantitative estimate of drug-likeness (QED) is 0.569. The van der Waals surface area contributed by atoms with Crippen molar-refractivity contribution >= 4 is 38.5 Å². The highest BCUT2D eigenvalue weighted by molar-refractivity contribution is 7.89. The lowest BCUT2D eigenvalue weighted by atomic mass is 10.1. The summed E-state index contributed by atoms with van der Waals surface area (Å²) in [6.45, 7) is 2.85. The summed E-state index contributed by atoms with van der Waals surface area (Å²) in [5.41, 5.74) is 0.902. The molecular weight excluding hydrogens is 424 g/mol. The van der Waals surface area contributed by atoms with Gasteiger partial charge in [-0.25, -0.2) is 8.42 Å². The number of furan rings is 1. The number of carbonyl (C=O) groups is 1. The second-order valence-corrected chi connectivity index (χ2v) is 9.88. The van der Waals surface area contributed by atoms with E-state index in [0.717, 1.165) is 23.8 Å². The van der Waals surface area contributed by atoms with Gasteiger partial charge in [-0.15, -0.1) is 0 Å². The number of hydrogen-bond acceptors (Lipinski definition) is 4. The molecule has 1 unspecified atom stereocenters. The summed E-state index contributed by atoms with van der Waals surface area (Å²) in [4.78, 5) is 14.8. The smallest absolute Gasteiger partial charge is 0.255 e. The standard InChI is InChI=1S/C22H23ClN2O4S/c1-15(21-13-16-7-3-4-8-20(16)29-21)24(2)22(26)18-14-17(9-10-19(18)23)30(27,28)25-11-5-6-12-25/h3-4,7-10,13-15H,5-6,11-12H2,1-2H3. The lowest BCUT2D eigenvalue weighted by molar-refractivity contribution is 0.0727. The Morgan fingerprint density at radius 3 is 2.53 bits per heavy atom. The van der Waals surface area contributed by atoms with Crippen LogP contribution in [0.1, 0.15) is 41.9 Å². The first-order valence-electron chi connectivity index (χ1n) is 9.84. The molecule has 1 aliphatic heterocycles. The number of fused-ring (bicyclic) bond motifs is 1. The minimum absolute atomic E-state index is 0.0851. The molecule has 3 aromatic rings. The molecule has 0 N–H and O–H groups in total. The predicted octanol–water partition coefficient (Wildman–Crippen LogP) is 4.70. The minimum atomic E-state index is -3.64. The van der Waals surface area contributed by atoms with E-state index < -0.39 is 10.0 Å². The Balaban J connectivity index is 1.63. The third-order valence-electron chi connectivity index (χ3n) is 5.63. The topological polar surface area (TPSA) is 70.8 Å². The van der Waals surface area contributed by atoms with E-state index in [0.29, 0.717) is 18.8 Å². The van der Waals surface area contributed by atoms with Crippen LogP contribution in [0.4, 0.5) is 0 Å². The Labute approximate surface area is 181 Å². The minimum Gasteiger partial charge on any atom is -0.459 e. The maximum atomic E-state index is 13.2. The van der Waals surface area contributed by atoms with Gasteiger partial charge in [0.15, 0.2) is 0 Å². The molecule has 2 heterocycles. The van der Waals surface area contributed by atoms with Crippen LogP contribution in [-0.2, 0) is 10.0 Å². The number of benzene rings is 2. The fourth-order valence-corrected chi connectivity index (χ4v) is 5.41. The molecule has 1 amide bonds. The highest BCUT2D eigenvalue weighted by atomic mass is 35.5. The van der Waals surface area contributed by atoms with E-state index >= 15 is 0 Å². The third kappa shape index (κ3) is 3.73. The van der Waals surface area contributed by atoms with Gasteiger partial charge in [-0.2, -0.15) is 4.31 Å². The van der Waals surface area contributed by atoms with Gasteiger partial charge >= 0.3 is 0 Å². The Hall–Kier alpha value is -2.35. The first-order chi connectivity index (χ1) is 14.3. The molecule has 158 valence electrons. The second kappa shape index (κ2) is 8.06. The number of sulfonamides is 1. The van der Waals surface area contributed by atoms with Crippen molar-refractivity contribution in [3.63, 3.8) is 0 Å². The molecule has 2 aromatic carbocycles. The molecule has 1 aromatic heterocycles. The van der Waals surface area contributed by atoms with Crippen LogP contribution in [-0.4, -0.2) is 43.7 Å². The van der Waals surface area contributed by atoms with Crippen molar-refractivity contribution in [1.29, 1.82) is 0 Å². The van der Waals surface area contributed by atoms with E-state index in [4.69, 9.17) is 16.0 Å². The SMILES string of the molecule is CC(c1cc2ccccc2o1)N(C)C(=O)c1cc(S(=O)(=O)N2CCCC2)ccc1Cl. The van der Waals surface area contributed by atoms with Crippen molar-refractivity contribution in [3.8, 4) is 0 Å². The molecule has 0 radical (unpaired) electrons. The van der Waals surface area contributed by atoms with Crippen LogP contribution in [0.15, 0.2) is 57.8 Å². The summed E-state index contributed by atoms with van der Waals surface area (Å²) in [6, 6.07) is 13.5. The number of carbonyl (C=O) groups excluding carboxylic acids is 1. The van der Waals surface area contributed by atoms with E-state index in [2.05, 4.69) is 0 Å². The first-order valence-corrected chi connectivity index (χ1v) is 11.7. The van der Waals surface area contributed by atoms with Crippen molar-refractivity contribution < 1.29 is 17.6 Å². The number of hydrogen-bond donors (Lipinski definition) is 0. The van der Waals surface area contributed by atoms with Gasteiger partial charge in [0.1, 0.15) is 11.3 Å². The summed E-state index contributed by atoms with van der Waals surface area (Å²) in [7, 11) is -1.99. The third-order valence-corrected chi connectivity index (χ3v) is 7.85. The predicted molar refractivity (Wildman–Crippen MR) is 116 cm³/mol. The highest BCUT2D eigenvalue weighted by Gasteiger charge is 2.30. The fourth-order valence-electron chi connectivity index (χ4n) is 3.67. The summed E-state index contributed by atoms with van der Waals surface area (Å²) < 4.78 is 33.1. The van der Waals surface area contributed by atoms with Gasteiger partial charge < -0.3 is 9.32 Å². The van der Waals surface area contributed by atoms with E-state index in [-0.39, 0.29) is 27.4 Å². The Kier molecular flexibility index (Phi) is 5.61. The van der Waals surface area contributed by atoms with Crippen LogP contribution in [0.5, 0.6) is 0 Å². The van der Waals surface area contributed by atoms with E-state index in [9.17, 15) is 13.2 Å². The second-order valence-electron chi connectivity index (χ2n) is 7.53. The van der Waals surface area contributed by atoms with Crippen LogP contribution in [0.25, 0.3) is 11.0 Å². The zero-order valence-electron chi connectivity index (χ0n) is 16.8. The number of para-hydroxylation sites is 1. The van der Waals surface area contributed by atoms with Gasteiger partial charge in [-0.1, -0.05) is 29.8 Å². The van der Waals surface area contributed by atoms with Crippen molar-refractivity contribution in [2.75, 3.05) is 20.1 Å². The van der Waals surface area contributed by atoms with E-state index in [1.54, 1.807) is 7.05 Å². The Bertz CT molecular complexity index is 1170. The van der Waals surface area contributed by atoms with Crippen molar-refractivity contribution in [2.24, 2.45) is 0 Å².